The Balaban J connectivity index is 1.93. The van der Waals surface area contributed by atoms with E-state index in [1.807, 2.05) is 30.3 Å². The number of nitrogens with zero attached hydrogens (tertiary/aromatic N) is 1. The molecule has 5 heteroatoms. The highest BCUT2D eigenvalue weighted by atomic mass is 16.5. The number of amides is 3. The molecule has 2 heterocycles. The van der Waals surface area contributed by atoms with Gasteiger partial charge in [0, 0.05) is 6.61 Å². The fraction of sp³-hybridized carbons (Fsp3) is 0.429. The lowest BCUT2D eigenvalue weighted by Crippen LogP contribution is -2.43. The number of benzene rings is 1. The molecule has 0 saturated carbocycles. The second-order valence-corrected chi connectivity index (χ2v) is 5.11. The Bertz CT molecular complexity index is 511. The minimum Gasteiger partial charge on any atom is -0.379 e. The van der Waals surface area contributed by atoms with E-state index in [2.05, 4.69) is 5.32 Å². The van der Waals surface area contributed by atoms with Gasteiger partial charge < -0.3 is 10.1 Å². The molecule has 0 radical (unpaired) electrons. The van der Waals surface area contributed by atoms with Crippen LogP contribution in [-0.2, 0) is 15.1 Å². The summed E-state index contributed by atoms with van der Waals surface area (Å²) in [5, 5.41) is 2.81. The van der Waals surface area contributed by atoms with Gasteiger partial charge in [0.1, 0.15) is 5.54 Å². The molecule has 2 unspecified atom stereocenters. The van der Waals surface area contributed by atoms with E-state index in [1.165, 1.54) is 4.90 Å². The first-order valence-electron chi connectivity index (χ1n) is 6.42. The zero-order valence-corrected chi connectivity index (χ0v) is 10.8. The predicted octanol–water partition coefficient (Wildman–Crippen LogP) is 1.24. The summed E-state index contributed by atoms with van der Waals surface area (Å²) in [6.45, 7) is 2.78. The lowest BCUT2D eigenvalue weighted by molar-refractivity contribution is -0.132. The van der Waals surface area contributed by atoms with Crippen molar-refractivity contribution >= 4 is 11.9 Å². The zero-order valence-electron chi connectivity index (χ0n) is 10.8. The van der Waals surface area contributed by atoms with Crippen LogP contribution in [0.4, 0.5) is 4.79 Å². The molecule has 5 nitrogen and oxygen atoms in total. The summed E-state index contributed by atoms with van der Waals surface area (Å²) in [5.74, 6) is -0.195. The average molecular weight is 260 g/mol. The summed E-state index contributed by atoms with van der Waals surface area (Å²) in [6.07, 6.45) is 0.712. The summed E-state index contributed by atoms with van der Waals surface area (Å²) < 4.78 is 5.27. The van der Waals surface area contributed by atoms with E-state index in [4.69, 9.17) is 4.74 Å². The Morgan fingerprint density at radius 1 is 1.32 bits per heavy atom. The van der Waals surface area contributed by atoms with Gasteiger partial charge in [0.15, 0.2) is 0 Å². The second kappa shape index (κ2) is 4.35. The minimum atomic E-state index is -0.971. The van der Waals surface area contributed by atoms with Crippen molar-refractivity contribution in [3.8, 4) is 0 Å². The monoisotopic (exact) mass is 260 g/mol. The molecule has 1 aromatic carbocycles. The van der Waals surface area contributed by atoms with Crippen LogP contribution in [0.25, 0.3) is 0 Å². The van der Waals surface area contributed by atoms with Crippen molar-refractivity contribution < 1.29 is 14.3 Å². The van der Waals surface area contributed by atoms with Crippen molar-refractivity contribution in [2.75, 3.05) is 13.2 Å². The smallest absolute Gasteiger partial charge is 0.325 e. The molecule has 0 spiro atoms. The molecule has 3 rings (SSSR count). The normalized spacial score (nSPS) is 30.8. The fourth-order valence-corrected chi connectivity index (χ4v) is 2.69. The first kappa shape index (κ1) is 12.2. The molecule has 2 aliphatic rings. The van der Waals surface area contributed by atoms with Crippen LogP contribution in [0.15, 0.2) is 30.3 Å². The standard InChI is InChI=1S/C14H16N2O3/c1-14(10-5-3-2-4-6-10)12(17)16(13(18)15-14)11-7-8-19-9-11/h2-6,11H,7-9H2,1H3,(H,15,18). The molecule has 1 aromatic rings. The van der Waals surface area contributed by atoms with Gasteiger partial charge in [-0.2, -0.15) is 0 Å². The van der Waals surface area contributed by atoms with Gasteiger partial charge in [-0.3, -0.25) is 9.69 Å². The summed E-state index contributed by atoms with van der Waals surface area (Å²) in [7, 11) is 0. The van der Waals surface area contributed by atoms with Crippen LogP contribution >= 0.6 is 0 Å². The average Bonchev–Trinajstić information content (AvgIpc) is 3.00. The van der Waals surface area contributed by atoms with Gasteiger partial charge in [-0.15, -0.1) is 0 Å². The van der Waals surface area contributed by atoms with Crippen molar-refractivity contribution in [2.24, 2.45) is 0 Å². The first-order valence-corrected chi connectivity index (χ1v) is 6.42. The summed E-state index contributed by atoms with van der Waals surface area (Å²) >= 11 is 0. The number of rotatable bonds is 2. The van der Waals surface area contributed by atoms with E-state index in [1.54, 1.807) is 6.92 Å². The van der Waals surface area contributed by atoms with Crippen molar-refractivity contribution in [3.63, 3.8) is 0 Å². The van der Waals surface area contributed by atoms with Crippen LogP contribution in [0, 0.1) is 0 Å². The fourth-order valence-electron chi connectivity index (χ4n) is 2.69. The van der Waals surface area contributed by atoms with Gasteiger partial charge >= 0.3 is 6.03 Å². The van der Waals surface area contributed by atoms with Gasteiger partial charge in [0.2, 0.25) is 0 Å². The molecule has 2 aliphatic heterocycles. The zero-order chi connectivity index (χ0) is 13.5. The predicted molar refractivity (Wildman–Crippen MR) is 68.4 cm³/mol. The lowest BCUT2D eigenvalue weighted by Gasteiger charge is -2.24. The van der Waals surface area contributed by atoms with Gasteiger partial charge in [0.25, 0.3) is 5.91 Å². The van der Waals surface area contributed by atoms with E-state index in [0.717, 1.165) is 5.56 Å². The van der Waals surface area contributed by atoms with Crippen LogP contribution in [0.1, 0.15) is 18.9 Å². The molecule has 100 valence electrons. The quantitative estimate of drug-likeness (QED) is 0.814. The third kappa shape index (κ3) is 1.81. The maximum absolute atomic E-state index is 12.6. The van der Waals surface area contributed by atoms with E-state index in [-0.39, 0.29) is 18.0 Å². The van der Waals surface area contributed by atoms with Crippen LogP contribution < -0.4 is 5.32 Å². The van der Waals surface area contributed by atoms with E-state index < -0.39 is 5.54 Å². The van der Waals surface area contributed by atoms with Gasteiger partial charge in [-0.1, -0.05) is 30.3 Å². The summed E-state index contributed by atoms with van der Waals surface area (Å²) in [5.41, 5.74) is -0.171. The highest BCUT2D eigenvalue weighted by Crippen LogP contribution is 2.31. The van der Waals surface area contributed by atoms with Crippen molar-refractivity contribution in [1.82, 2.24) is 10.2 Å². The number of hydrogen-bond acceptors (Lipinski definition) is 3. The Labute approximate surface area is 111 Å². The molecule has 19 heavy (non-hydrogen) atoms. The molecule has 0 aromatic heterocycles. The Kier molecular flexibility index (Phi) is 2.78. The molecule has 2 atom stereocenters. The Morgan fingerprint density at radius 2 is 2.05 bits per heavy atom. The third-order valence-electron chi connectivity index (χ3n) is 3.84. The second-order valence-electron chi connectivity index (χ2n) is 5.11. The number of imide groups is 1. The van der Waals surface area contributed by atoms with Crippen LogP contribution in [-0.4, -0.2) is 36.1 Å². The number of nitrogens with one attached hydrogen (secondary N) is 1. The molecule has 1 N–H and O–H groups in total. The third-order valence-corrected chi connectivity index (χ3v) is 3.84. The largest absolute Gasteiger partial charge is 0.379 e. The Morgan fingerprint density at radius 3 is 2.68 bits per heavy atom. The summed E-state index contributed by atoms with van der Waals surface area (Å²) in [6, 6.07) is 8.85. The molecule has 0 aliphatic carbocycles. The van der Waals surface area contributed by atoms with Crippen molar-refractivity contribution in [2.45, 2.75) is 24.9 Å². The maximum Gasteiger partial charge on any atom is 0.325 e. The number of ether oxygens (including phenoxy) is 1. The highest BCUT2D eigenvalue weighted by Gasteiger charge is 2.51. The Hall–Kier alpha value is -1.88. The van der Waals surface area contributed by atoms with E-state index >= 15 is 0 Å². The molecular weight excluding hydrogens is 244 g/mol. The molecule has 0 bridgehead atoms. The number of urea groups is 1. The van der Waals surface area contributed by atoms with Gasteiger partial charge in [0.05, 0.1) is 12.6 Å². The number of hydrogen-bond donors (Lipinski definition) is 1. The van der Waals surface area contributed by atoms with Crippen LogP contribution in [0.3, 0.4) is 0 Å². The highest BCUT2D eigenvalue weighted by molar-refractivity contribution is 6.07. The van der Waals surface area contributed by atoms with Crippen LogP contribution in [0.2, 0.25) is 0 Å². The van der Waals surface area contributed by atoms with Crippen molar-refractivity contribution in [3.05, 3.63) is 35.9 Å². The van der Waals surface area contributed by atoms with E-state index in [0.29, 0.717) is 19.6 Å². The molecule has 2 fully saturated rings. The first-order chi connectivity index (χ1) is 9.13. The maximum atomic E-state index is 12.6. The molecule has 2 saturated heterocycles. The minimum absolute atomic E-state index is 0.141. The lowest BCUT2D eigenvalue weighted by atomic mass is 9.92. The van der Waals surface area contributed by atoms with Gasteiger partial charge in [-0.05, 0) is 18.9 Å². The SMILES string of the molecule is CC1(c2ccccc2)NC(=O)N(C2CCOC2)C1=O. The molecular formula is C14H16N2O3. The van der Waals surface area contributed by atoms with Crippen molar-refractivity contribution in [1.29, 1.82) is 0 Å². The number of carbonyl (C=O) groups is 2. The van der Waals surface area contributed by atoms with E-state index in [9.17, 15) is 9.59 Å². The van der Waals surface area contributed by atoms with Crippen LogP contribution in [0.5, 0.6) is 0 Å². The number of carbonyl (C=O) groups excluding carboxylic acids is 2. The topological polar surface area (TPSA) is 58.6 Å². The summed E-state index contributed by atoms with van der Waals surface area (Å²) in [4.78, 5) is 26.0. The molecule has 3 amide bonds. The van der Waals surface area contributed by atoms with Gasteiger partial charge in [-0.25, -0.2) is 4.79 Å².